The summed E-state index contributed by atoms with van der Waals surface area (Å²) in [5.74, 6) is 0. The lowest BCUT2D eigenvalue weighted by atomic mass is 10.1. The smallest absolute Gasteiger partial charge is 0.252 e. The molecule has 0 bridgehead atoms. The van der Waals surface area contributed by atoms with Crippen molar-refractivity contribution in [2.75, 3.05) is 0 Å². The Bertz CT molecular complexity index is 561. The van der Waals surface area contributed by atoms with E-state index in [-0.39, 0.29) is 0 Å². The second-order valence-corrected chi connectivity index (χ2v) is 5.20. The number of hydrogen-bond acceptors (Lipinski definition) is 2. The molecule has 0 saturated carbocycles. The molecule has 0 saturated heterocycles. The Balaban J connectivity index is 2.07. The van der Waals surface area contributed by atoms with Gasteiger partial charge in [0, 0.05) is 17.3 Å². The third kappa shape index (κ3) is 3.91. The van der Waals surface area contributed by atoms with Gasteiger partial charge in [-0.25, -0.2) is 0 Å². The fourth-order valence-electron chi connectivity index (χ4n) is 2.09. The number of pyridine rings is 1. The largest absolute Gasteiger partial charge is 0.276 e. The second kappa shape index (κ2) is 7.20. The van der Waals surface area contributed by atoms with E-state index >= 15 is 0 Å². The molecule has 2 rings (SSSR count). The van der Waals surface area contributed by atoms with Gasteiger partial charge in [0.15, 0.2) is 0 Å². The molecule has 3 heteroatoms. The summed E-state index contributed by atoms with van der Waals surface area (Å²) in [6.45, 7) is 2.20. The van der Waals surface area contributed by atoms with Crippen LogP contribution in [0.4, 0.5) is 0 Å². The molecule has 0 unspecified atom stereocenters. The van der Waals surface area contributed by atoms with Gasteiger partial charge in [-0.15, -0.1) is 0 Å². The fraction of sp³-hybridized carbons (Fsp3) is 0.294. The van der Waals surface area contributed by atoms with Crippen LogP contribution in [0.5, 0.6) is 0 Å². The van der Waals surface area contributed by atoms with Crippen molar-refractivity contribution in [3.05, 3.63) is 53.7 Å². The SMILES string of the molecule is CCCCCc1ccc(-c2ccc(C(=O)Cl)cc2)nc1. The van der Waals surface area contributed by atoms with E-state index in [0.717, 1.165) is 17.7 Å². The van der Waals surface area contributed by atoms with Crippen LogP contribution < -0.4 is 0 Å². The van der Waals surface area contributed by atoms with Gasteiger partial charge in [0.1, 0.15) is 0 Å². The van der Waals surface area contributed by atoms with E-state index in [0.29, 0.717) is 5.56 Å². The van der Waals surface area contributed by atoms with Crippen LogP contribution >= 0.6 is 11.6 Å². The minimum atomic E-state index is -0.434. The number of unbranched alkanes of at least 4 members (excludes halogenated alkanes) is 2. The summed E-state index contributed by atoms with van der Waals surface area (Å²) in [5, 5.41) is -0.434. The molecule has 0 radical (unpaired) electrons. The highest BCUT2D eigenvalue weighted by Gasteiger charge is 2.03. The van der Waals surface area contributed by atoms with E-state index < -0.39 is 5.24 Å². The summed E-state index contributed by atoms with van der Waals surface area (Å²) in [7, 11) is 0. The molecule has 0 atom stereocenters. The standard InChI is InChI=1S/C17H18ClNO/c1-2-3-4-5-13-6-11-16(19-12-13)14-7-9-15(10-8-14)17(18)20/h6-12H,2-5H2,1H3. The van der Waals surface area contributed by atoms with Gasteiger partial charge in [0.2, 0.25) is 0 Å². The monoisotopic (exact) mass is 287 g/mol. The molecular formula is C17H18ClNO. The molecule has 104 valence electrons. The predicted molar refractivity (Wildman–Crippen MR) is 83.1 cm³/mol. The van der Waals surface area contributed by atoms with E-state index in [1.807, 2.05) is 24.4 Å². The summed E-state index contributed by atoms with van der Waals surface area (Å²) in [4.78, 5) is 15.5. The number of hydrogen-bond donors (Lipinski definition) is 0. The van der Waals surface area contributed by atoms with Gasteiger partial charge in [-0.1, -0.05) is 38.0 Å². The number of benzene rings is 1. The first-order valence-corrected chi connectivity index (χ1v) is 7.33. The maximum Gasteiger partial charge on any atom is 0.252 e. The molecule has 0 N–H and O–H groups in total. The summed E-state index contributed by atoms with van der Waals surface area (Å²) in [5.41, 5.74) is 3.69. The number of rotatable bonds is 6. The highest BCUT2D eigenvalue weighted by atomic mass is 35.5. The highest BCUT2D eigenvalue weighted by molar-refractivity contribution is 6.67. The zero-order valence-electron chi connectivity index (χ0n) is 11.6. The summed E-state index contributed by atoms with van der Waals surface area (Å²) < 4.78 is 0. The lowest BCUT2D eigenvalue weighted by Crippen LogP contribution is -1.91. The molecule has 1 aromatic carbocycles. The first-order chi connectivity index (χ1) is 9.70. The van der Waals surface area contributed by atoms with Gasteiger partial charge in [-0.05, 0) is 48.2 Å². The minimum Gasteiger partial charge on any atom is -0.276 e. The van der Waals surface area contributed by atoms with E-state index in [2.05, 4.69) is 18.0 Å². The quantitative estimate of drug-likeness (QED) is 0.561. The van der Waals surface area contributed by atoms with Crippen LogP contribution in [0.15, 0.2) is 42.6 Å². The topological polar surface area (TPSA) is 30.0 Å². The molecular weight excluding hydrogens is 270 g/mol. The lowest BCUT2D eigenvalue weighted by molar-refractivity contribution is 0.108. The van der Waals surface area contributed by atoms with E-state index in [9.17, 15) is 4.79 Å². The van der Waals surface area contributed by atoms with E-state index in [1.54, 1.807) is 12.1 Å². The number of nitrogens with zero attached hydrogens (tertiary/aromatic N) is 1. The zero-order chi connectivity index (χ0) is 14.4. The number of carbonyl (C=O) groups excluding carboxylic acids is 1. The lowest BCUT2D eigenvalue weighted by Gasteiger charge is -2.04. The first-order valence-electron chi connectivity index (χ1n) is 6.96. The predicted octanol–water partition coefficient (Wildman–Crippen LogP) is 4.86. The van der Waals surface area contributed by atoms with Crippen LogP contribution in [0.1, 0.15) is 42.1 Å². The highest BCUT2D eigenvalue weighted by Crippen LogP contribution is 2.19. The Hall–Kier alpha value is -1.67. The normalized spacial score (nSPS) is 10.5. The average molecular weight is 288 g/mol. The zero-order valence-corrected chi connectivity index (χ0v) is 12.4. The second-order valence-electron chi connectivity index (χ2n) is 4.86. The Morgan fingerprint density at radius 3 is 2.40 bits per heavy atom. The van der Waals surface area contributed by atoms with Crippen molar-refractivity contribution in [1.82, 2.24) is 4.98 Å². The Morgan fingerprint density at radius 2 is 1.85 bits per heavy atom. The van der Waals surface area contributed by atoms with Gasteiger partial charge in [-0.3, -0.25) is 9.78 Å². The van der Waals surface area contributed by atoms with Crippen LogP contribution in [-0.2, 0) is 6.42 Å². The molecule has 1 aromatic heterocycles. The molecule has 0 spiro atoms. The molecule has 0 aliphatic carbocycles. The maximum atomic E-state index is 11.0. The molecule has 0 aliphatic heterocycles. The minimum absolute atomic E-state index is 0.434. The Kier molecular flexibility index (Phi) is 5.31. The molecule has 1 heterocycles. The van der Waals surface area contributed by atoms with E-state index in [4.69, 9.17) is 11.6 Å². The summed E-state index contributed by atoms with van der Waals surface area (Å²) >= 11 is 5.43. The Morgan fingerprint density at radius 1 is 1.10 bits per heavy atom. The molecule has 0 amide bonds. The van der Waals surface area contributed by atoms with Crippen molar-refractivity contribution in [2.24, 2.45) is 0 Å². The number of aryl methyl sites for hydroxylation is 1. The van der Waals surface area contributed by atoms with Gasteiger partial charge < -0.3 is 0 Å². The van der Waals surface area contributed by atoms with Crippen molar-refractivity contribution in [3.8, 4) is 11.3 Å². The molecule has 2 aromatic rings. The van der Waals surface area contributed by atoms with Crippen molar-refractivity contribution in [3.63, 3.8) is 0 Å². The van der Waals surface area contributed by atoms with Crippen LogP contribution in [0.3, 0.4) is 0 Å². The molecule has 2 nitrogen and oxygen atoms in total. The van der Waals surface area contributed by atoms with Crippen LogP contribution in [0, 0.1) is 0 Å². The number of carbonyl (C=O) groups is 1. The number of halogens is 1. The van der Waals surface area contributed by atoms with Gasteiger partial charge in [-0.2, -0.15) is 0 Å². The first kappa shape index (κ1) is 14.7. The molecule has 0 fully saturated rings. The van der Waals surface area contributed by atoms with Crippen molar-refractivity contribution in [1.29, 1.82) is 0 Å². The Labute approximate surface area is 124 Å². The van der Waals surface area contributed by atoms with Crippen LogP contribution in [0.2, 0.25) is 0 Å². The third-order valence-corrected chi connectivity index (χ3v) is 3.52. The van der Waals surface area contributed by atoms with Crippen LogP contribution in [-0.4, -0.2) is 10.2 Å². The van der Waals surface area contributed by atoms with Crippen LogP contribution in [0.25, 0.3) is 11.3 Å². The third-order valence-electron chi connectivity index (χ3n) is 3.30. The fourth-order valence-corrected chi connectivity index (χ4v) is 2.22. The molecule has 20 heavy (non-hydrogen) atoms. The van der Waals surface area contributed by atoms with Gasteiger partial charge >= 0.3 is 0 Å². The van der Waals surface area contributed by atoms with Gasteiger partial charge in [0.05, 0.1) is 5.69 Å². The van der Waals surface area contributed by atoms with Crippen molar-refractivity contribution in [2.45, 2.75) is 32.6 Å². The van der Waals surface area contributed by atoms with Crippen molar-refractivity contribution >= 4 is 16.8 Å². The van der Waals surface area contributed by atoms with Gasteiger partial charge in [0.25, 0.3) is 5.24 Å². The summed E-state index contributed by atoms with van der Waals surface area (Å²) in [6, 6.07) is 11.3. The summed E-state index contributed by atoms with van der Waals surface area (Å²) in [6.07, 6.45) is 6.73. The molecule has 0 aliphatic rings. The van der Waals surface area contributed by atoms with E-state index in [1.165, 1.54) is 24.8 Å². The maximum absolute atomic E-state index is 11.0. The average Bonchev–Trinajstić information content (AvgIpc) is 2.48. The number of aromatic nitrogens is 1. The van der Waals surface area contributed by atoms with Crippen molar-refractivity contribution < 1.29 is 4.79 Å².